The third-order valence-corrected chi connectivity index (χ3v) is 6.54. The highest BCUT2D eigenvalue weighted by Crippen LogP contribution is 2.44. The van der Waals surface area contributed by atoms with E-state index >= 15 is 0 Å². The molecule has 192 valence electrons. The van der Waals surface area contributed by atoms with Gasteiger partial charge in [0.1, 0.15) is 11.9 Å². The van der Waals surface area contributed by atoms with E-state index in [1.165, 1.54) is 6.07 Å². The molecular formula is C28H33FN2O5. The molecule has 4 rings (SSSR count). The second kappa shape index (κ2) is 10.7. The molecule has 1 saturated carbocycles. The number of hydrogen-bond acceptors (Lipinski definition) is 6. The summed E-state index contributed by atoms with van der Waals surface area (Å²) in [5, 5.41) is 12.4. The fourth-order valence-corrected chi connectivity index (χ4v) is 4.89. The van der Waals surface area contributed by atoms with Gasteiger partial charge in [-0.15, -0.1) is 0 Å². The molecule has 1 amide bonds. The molecule has 2 aromatic carbocycles. The van der Waals surface area contributed by atoms with Crippen LogP contribution < -0.4 is 5.32 Å². The highest BCUT2D eigenvalue weighted by atomic mass is 19.1. The summed E-state index contributed by atoms with van der Waals surface area (Å²) >= 11 is 0. The minimum atomic E-state index is -1.32. The van der Waals surface area contributed by atoms with Crippen LogP contribution in [0.3, 0.4) is 0 Å². The van der Waals surface area contributed by atoms with Gasteiger partial charge in [-0.2, -0.15) is 5.26 Å². The number of rotatable bonds is 8. The number of amides is 1. The molecule has 1 saturated heterocycles. The van der Waals surface area contributed by atoms with Gasteiger partial charge in [0.15, 0.2) is 11.4 Å². The summed E-state index contributed by atoms with van der Waals surface area (Å²) in [6, 6.07) is 15.6. The lowest BCUT2D eigenvalue weighted by atomic mass is 9.78. The number of carbonyl (C=O) groups excluding carboxylic acids is 1. The fraction of sp³-hybridized carbons (Fsp3) is 0.500. The van der Waals surface area contributed by atoms with E-state index in [9.17, 15) is 14.4 Å². The lowest BCUT2D eigenvalue weighted by Crippen LogP contribution is -2.60. The summed E-state index contributed by atoms with van der Waals surface area (Å²) in [6.45, 7) is 7.48. The van der Waals surface area contributed by atoms with Crippen molar-refractivity contribution in [3.8, 4) is 6.07 Å². The van der Waals surface area contributed by atoms with Gasteiger partial charge in [-0.25, -0.2) is 4.39 Å². The third-order valence-electron chi connectivity index (χ3n) is 6.54. The van der Waals surface area contributed by atoms with Crippen LogP contribution in [0.2, 0.25) is 0 Å². The molecule has 0 aromatic heterocycles. The molecule has 2 aromatic rings. The van der Waals surface area contributed by atoms with Gasteiger partial charge < -0.3 is 24.3 Å². The molecule has 8 heteroatoms. The molecule has 0 spiro atoms. The summed E-state index contributed by atoms with van der Waals surface area (Å²) in [7, 11) is 0. The van der Waals surface area contributed by atoms with E-state index in [4.69, 9.17) is 18.9 Å². The molecule has 0 bridgehead atoms. The summed E-state index contributed by atoms with van der Waals surface area (Å²) in [5.74, 6) is -1.56. The van der Waals surface area contributed by atoms with E-state index in [-0.39, 0.29) is 38.0 Å². The number of nitrogens with one attached hydrogen (secondary N) is 1. The highest BCUT2D eigenvalue weighted by Gasteiger charge is 2.58. The Balaban J connectivity index is 1.63. The van der Waals surface area contributed by atoms with Gasteiger partial charge in [0, 0.05) is 24.4 Å². The van der Waals surface area contributed by atoms with Crippen LogP contribution in [0.1, 0.15) is 57.2 Å². The maximum absolute atomic E-state index is 14.4. The number of nitriles is 1. The zero-order valence-corrected chi connectivity index (χ0v) is 21.1. The van der Waals surface area contributed by atoms with Crippen molar-refractivity contribution < 1.29 is 28.1 Å². The zero-order chi connectivity index (χ0) is 25.9. The molecule has 1 N–H and O–H groups in total. The first-order valence-electron chi connectivity index (χ1n) is 12.3. The van der Waals surface area contributed by atoms with Crippen LogP contribution in [0.4, 0.5) is 4.39 Å². The second-order valence-corrected chi connectivity index (χ2v) is 10.2. The van der Waals surface area contributed by atoms with Crippen molar-refractivity contribution in [2.75, 3.05) is 0 Å². The quantitative estimate of drug-likeness (QED) is 0.584. The van der Waals surface area contributed by atoms with Gasteiger partial charge in [-0.3, -0.25) is 4.79 Å². The van der Waals surface area contributed by atoms with Crippen molar-refractivity contribution in [2.24, 2.45) is 0 Å². The van der Waals surface area contributed by atoms with Crippen molar-refractivity contribution >= 4 is 5.91 Å². The van der Waals surface area contributed by atoms with Crippen molar-refractivity contribution in [1.29, 1.82) is 5.26 Å². The lowest BCUT2D eigenvalue weighted by Gasteiger charge is -2.43. The smallest absolute Gasteiger partial charge is 0.252 e. The lowest BCUT2D eigenvalue weighted by molar-refractivity contribution is -0.184. The Bertz CT molecular complexity index is 1130. The van der Waals surface area contributed by atoms with E-state index in [2.05, 4.69) is 11.4 Å². The van der Waals surface area contributed by atoms with Gasteiger partial charge in [-0.1, -0.05) is 36.4 Å². The van der Waals surface area contributed by atoms with Crippen LogP contribution >= 0.6 is 0 Å². The molecule has 1 heterocycles. The van der Waals surface area contributed by atoms with Gasteiger partial charge in [0.05, 0.1) is 37.1 Å². The fourth-order valence-electron chi connectivity index (χ4n) is 4.89. The maximum atomic E-state index is 14.4. The molecule has 7 nitrogen and oxygen atoms in total. The predicted molar refractivity (Wildman–Crippen MR) is 130 cm³/mol. The van der Waals surface area contributed by atoms with Crippen LogP contribution in [0, 0.1) is 17.1 Å². The van der Waals surface area contributed by atoms with E-state index in [1.54, 1.807) is 30.3 Å². The van der Waals surface area contributed by atoms with Crippen LogP contribution in [0.15, 0.2) is 48.5 Å². The van der Waals surface area contributed by atoms with Crippen molar-refractivity contribution in [1.82, 2.24) is 5.32 Å². The number of fused-ring (bicyclic) bond motifs is 1. The maximum Gasteiger partial charge on any atom is 0.252 e. The number of carbonyl (C=O) groups is 1. The summed E-state index contributed by atoms with van der Waals surface area (Å²) < 4.78 is 39.3. The SMILES string of the molecule is CC(C)NC(=O)[C@@]1(OCc2ccccc2F)CC(OCc2ccccc2C#N)[C@@H]2OC(C)(C)O[C@@H]2C1. The highest BCUT2D eigenvalue weighted by molar-refractivity contribution is 5.85. The zero-order valence-electron chi connectivity index (χ0n) is 21.1. The first-order valence-corrected chi connectivity index (χ1v) is 12.3. The Morgan fingerprint density at radius 1 is 1.11 bits per heavy atom. The van der Waals surface area contributed by atoms with Gasteiger partial charge in [0.2, 0.25) is 0 Å². The molecule has 0 radical (unpaired) electrons. The first kappa shape index (κ1) is 26.2. The predicted octanol–water partition coefficient (Wildman–Crippen LogP) is 4.38. The van der Waals surface area contributed by atoms with E-state index in [0.717, 1.165) is 5.56 Å². The van der Waals surface area contributed by atoms with Crippen molar-refractivity contribution in [3.05, 3.63) is 71.0 Å². The molecule has 1 unspecified atom stereocenters. The Morgan fingerprint density at radius 2 is 1.81 bits per heavy atom. The Morgan fingerprint density at radius 3 is 2.50 bits per heavy atom. The number of benzene rings is 2. The summed E-state index contributed by atoms with van der Waals surface area (Å²) in [6.07, 6.45) is -1.02. The van der Waals surface area contributed by atoms with Gasteiger partial charge >= 0.3 is 0 Å². The average molecular weight is 497 g/mol. The molecular weight excluding hydrogens is 463 g/mol. The largest absolute Gasteiger partial charge is 0.371 e. The van der Waals surface area contributed by atoms with Gasteiger partial charge in [-0.05, 0) is 45.4 Å². The number of ether oxygens (including phenoxy) is 4. The normalized spacial score (nSPS) is 26.9. The monoisotopic (exact) mass is 496 g/mol. The number of halogens is 1. The minimum absolute atomic E-state index is 0.0796. The van der Waals surface area contributed by atoms with Crippen molar-refractivity contribution in [3.63, 3.8) is 0 Å². The van der Waals surface area contributed by atoms with E-state index in [0.29, 0.717) is 11.1 Å². The molecule has 4 atom stereocenters. The standard InChI is InChI=1S/C28H33FN2O5/c1-18(2)31-26(32)28(34-17-21-11-7-8-12-22(21)29)13-23(25-24(14-28)35-27(3,4)36-25)33-16-20-10-6-5-9-19(20)15-30/h5-12,18,23-25H,13-14,16-17H2,1-4H3,(H,31,32)/t23?,24-,25+,28-/m1/s1. The molecule has 2 fully saturated rings. The number of nitrogens with zero attached hydrogens (tertiary/aromatic N) is 1. The number of hydrogen-bond donors (Lipinski definition) is 1. The average Bonchev–Trinajstić information content (AvgIpc) is 3.15. The molecule has 36 heavy (non-hydrogen) atoms. The minimum Gasteiger partial charge on any atom is -0.371 e. The van der Waals surface area contributed by atoms with Crippen LogP contribution in [0.25, 0.3) is 0 Å². The van der Waals surface area contributed by atoms with Crippen LogP contribution in [-0.4, -0.2) is 41.6 Å². The summed E-state index contributed by atoms with van der Waals surface area (Å²) in [4.78, 5) is 13.6. The Kier molecular flexibility index (Phi) is 7.76. The van der Waals surface area contributed by atoms with E-state index in [1.807, 2.05) is 39.8 Å². The topological polar surface area (TPSA) is 89.8 Å². The van der Waals surface area contributed by atoms with Crippen LogP contribution in [-0.2, 0) is 37.0 Å². The molecule has 2 aliphatic rings. The van der Waals surface area contributed by atoms with Gasteiger partial charge in [0.25, 0.3) is 5.91 Å². The Hall–Kier alpha value is -2.83. The third kappa shape index (κ3) is 5.76. The van der Waals surface area contributed by atoms with E-state index < -0.39 is 35.5 Å². The Labute approximate surface area is 211 Å². The first-order chi connectivity index (χ1) is 17.1. The second-order valence-electron chi connectivity index (χ2n) is 10.2. The molecule has 1 aliphatic heterocycles. The summed E-state index contributed by atoms with van der Waals surface area (Å²) in [5.41, 5.74) is 0.301. The van der Waals surface area contributed by atoms with Crippen molar-refractivity contribution in [2.45, 2.75) is 89.5 Å². The molecule has 1 aliphatic carbocycles. The van der Waals surface area contributed by atoms with Crippen LogP contribution in [0.5, 0.6) is 0 Å².